The maximum Gasteiger partial charge on any atom is 0.0961 e. The summed E-state index contributed by atoms with van der Waals surface area (Å²) in [6.07, 6.45) is 3.27. The number of aliphatic hydroxyl groups is 1. The Labute approximate surface area is 108 Å². The molecular weight excluding hydrogens is 224 g/mol. The van der Waals surface area contributed by atoms with E-state index in [-0.39, 0.29) is 0 Å². The van der Waals surface area contributed by atoms with Crippen molar-refractivity contribution in [3.05, 3.63) is 29.3 Å². The third-order valence-corrected chi connectivity index (χ3v) is 5.00. The van der Waals surface area contributed by atoms with E-state index in [0.29, 0.717) is 5.92 Å². The molecule has 0 radical (unpaired) electrons. The maximum atomic E-state index is 11.1. The molecule has 1 aromatic carbocycles. The first-order valence-corrected chi connectivity index (χ1v) is 7.09. The molecule has 1 aliphatic carbocycles. The summed E-state index contributed by atoms with van der Waals surface area (Å²) in [6.45, 7) is 4.07. The van der Waals surface area contributed by atoms with Crippen LogP contribution in [0.2, 0.25) is 0 Å². The Kier molecular flexibility index (Phi) is 2.24. The van der Waals surface area contributed by atoms with Gasteiger partial charge in [0.1, 0.15) is 0 Å². The second-order valence-corrected chi connectivity index (χ2v) is 5.95. The highest BCUT2D eigenvalue weighted by molar-refractivity contribution is 5.64. The van der Waals surface area contributed by atoms with Gasteiger partial charge in [0.15, 0.2) is 0 Å². The Hall–Kier alpha value is -1.06. The Morgan fingerprint density at radius 1 is 1.39 bits per heavy atom. The Balaban J connectivity index is 1.93. The predicted molar refractivity (Wildman–Crippen MR) is 71.6 cm³/mol. The van der Waals surface area contributed by atoms with Gasteiger partial charge in [-0.1, -0.05) is 18.2 Å². The molecule has 96 valence electrons. The van der Waals surface area contributed by atoms with Crippen LogP contribution in [0.15, 0.2) is 18.2 Å². The van der Waals surface area contributed by atoms with E-state index in [1.807, 2.05) is 0 Å². The van der Waals surface area contributed by atoms with Gasteiger partial charge in [-0.15, -0.1) is 0 Å². The summed E-state index contributed by atoms with van der Waals surface area (Å²) in [5.41, 5.74) is 3.32. The molecule has 2 aliphatic heterocycles. The highest BCUT2D eigenvalue weighted by Gasteiger charge is 2.48. The van der Waals surface area contributed by atoms with Gasteiger partial charge in [0.2, 0.25) is 0 Å². The van der Waals surface area contributed by atoms with Crippen LogP contribution in [0.4, 0.5) is 5.69 Å². The first-order valence-electron chi connectivity index (χ1n) is 7.09. The van der Waals surface area contributed by atoms with E-state index in [0.717, 1.165) is 39.0 Å². The van der Waals surface area contributed by atoms with E-state index >= 15 is 0 Å². The highest BCUT2D eigenvalue weighted by atomic mass is 16.3. The van der Waals surface area contributed by atoms with Crippen LogP contribution in [0.3, 0.4) is 0 Å². The van der Waals surface area contributed by atoms with Gasteiger partial charge in [-0.2, -0.15) is 0 Å². The third kappa shape index (κ3) is 1.32. The molecular formula is C15H20N2O. The van der Waals surface area contributed by atoms with Crippen molar-refractivity contribution in [3.8, 4) is 0 Å². The lowest BCUT2D eigenvalue weighted by molar-refractivity contribution is -0.00443. The first kappa shape index (κ1) is 10.8. The number of rotatable bonds is 0. The largest absolute Gasteiger partial charge is 0.385 e. The van der Waals surface area contributed by atoms with Crippen LogP contribution in [-0.4, -0.2) is 24.7 Å². The highest BCUT2D eigenvalue weighted by Crippen LogP contribution is 2.51. The van der Waals surface area contributed by atoms with Crippen LogP contribution in [-0.2, 0) is 12.1 Å². The van der Waals surface area contributed by atoms with Crippen LogP contribution in [0.5, 0.6) is 0 Å². The van der Waals surface area contributed by atoms with Crippen LogP contribution in [0, 0.1) is 5.92 Å². The van der Waals surface area contributed by atoms with E-state index in [9.17, 15) is 5.11 Å². The molecule has 3 nitrogen and oxygen atoms in total. The normalized spacial score (nSPS) is 33.8. The van der Waals surface area contributed by atoms with Gasteiger partial charge >= 0.3 is 0 Å². The van der Waals surface area contributed by atoms with Gasteiger partial charge in [-0.05, 0) is 24.8 Å². The number of nitrogens with one attached hydrogen (secondary N) is 1. The molecule has 18 heavy (non-hydrogen) atoms. The van der Waals surface area contributed by atoms with Gasteiger partial charge in [-0.25, -0.2) is 0 Å². The number of hydrogen-bond acceptors (Lipinski definition) is 3. The first-order chi connectivity index (χ1) is 8.79. The fraction of sp³-hybridized carbons (Fsp3) is 0.600. The zero-order valence-corrected chi connectivity index (χ0v) is 10.7. The summed E-state index contributed by atoms with van der Waals surface area (Å²) in [6, 6.07) is 6.45. The monoisotopic (exact) mass is 244 g/mol. The Morgan fingerprint density at radius 3 is 3.28 bits per heavy atom. The number of nitrogens with zero attached hydrogens (tertiary/aromatic N) is 1. The van der Waals surface area contributed by atoms with Crippen molar-refractivity contribution in [2.24, 2.45) is 5.92 Å². The van der Waals surface area contributed by atoms with Gasteiger partial charge < -0.3 is 15.3 Å². The van der Waals surface area contributed by atoms with Crippen LogP contribution >= 0.6 is 0 Å². The number of fused-ring (bicyclic) bond motifs is 2. The summed E-state index contributed by atoms with van der Waals surface area (Å²) in [5.74, 6) is 0.429. The molecule has 2 N–H and O–H groups in total. The van der Waals surface area contributed by atoms with Crippen molar-refractivity contribution < 1.29 is 5.11 Å². The topological polar surface area (TPSA) is 35.5 Å². The van der Waals surface area contributed by atoms with E-state index in [1.54, 1.807) is 0 Å². The van der Waals surface area contributed by atoms with Crippen LogP contribution < -0.4 is 10.2 Å². The molecule has 0 bridgehead atoms. The summed E-state index contributed by atoms with van der Waals surface area (Å²) in [4.78, 5) is 2.50. The molecule has 2 atom stereocenters. The lowest BCUT2D eigenvalue weighted by atomic mass is 9.78. The molecule has 0 saturated heterocycles. The molecule has 3 aliphatic rings. The summed E-state index contributed by atoms with van der Waals surface area (Å²) in [7, 11) is 0. The average Bonchev–Trinajstić information content (AvgIpc) is 2.64. The molecule has 1 saturated carbocycles. The van der Waals surface area contributed by atoms with Crippen LogP contribution in [0.1, 0.15) is 30.4 Å². The fourth-order valence-electron chi connectivity index (χ4n) is 4.11. The average molecular weight is 244 g/mol. The zero-order chi connectivity index (χ0) is 12.2. The number of para-hydroxylation sites is 1. The summed E-state index contributed by atoms with van der Waals surface area (Å²) in [5, 5.41) is 14.5. The molecule has 0 amide bonds. The van der Waals surface area contributed by atoms with Crippen molar-refractivity contribution in [1.29, 1.82) is 0 Å². The Morgan fingerprint density at radius 2 is 2.33 bits per heavy atom. The van der Waals surface area contributed by atoms with Crippen molar-refractivity contribution >= 4 is 5.69 Å². The maximum absolute atomic E-state index is 11.1. The molecule has 0 aromatic heterocycles. The molecule has 0 spiro atoms. The summed E-state index contributed by atoms with van der Waals surface area (Å²) < 4.78 is 0. The van der Waals surface area contributed by atoms with Crippen molar-refractivity contribution in [2.45, 2.75) is 31.4 Å². The van der Waals surface area contributed by atoms with Gasteiger partial charge in [-0.3, -0.25) is 0 Å². The molecule has 1 aromatic rings. The third-order valence-electron chi connectivity index (χ3n) is 5.00. The lowest BCUT2D eigenvalue weighted by Gasteiger charge is -2.43. The standard InChI is InChI=1S/C15H20N2O/c18-15-6-2-4-12(15)10-17-8-7-16-9-11-3-1-5-13(15)14(11)17/h1,3,5,12,16,18H,2,4,6-10H2/t12-,15+/m0/s1. The van der Waals surface area contributed by atoms with E-state index < -0.39 is 5.60 Å². The van der Waals surface area contributed by atoms with Crippen LogP contribution in [0.25, 0.3) is 0 Å². The predicted octanol–water partition coefficient (Wildman–Crippen LogP) is 1.60. The number of hydrogen-bond donors (Lipinski definition) is 2. The van der Waals surface area contributed by atoms with Crippen molar-refractivity contribution in [1.82, 2.24) is 5.32 Å². The number of benzene rings is 1. The minimum absolute atomic E-state index is 0.429. The van der Waals surface area contributed by atoms with E-state index in [4.69, 9.17) is 0 Å². The minimum atomic E-state index is -0.549. The smallest absolute Gasteiger partial charge is 0.0961 e. The molecule has 2 heterocycles. The van der Waals surface area contributed by atoms with Crippen molar-refractivity contribution in [2.75, 3.05) is 24.5 Å². The fourth-order valence-corrected chi connectivity index (χ4v) is 4.11. The van der Waals surface area contributed by atoms with E-state index in [1.165, 1.54) is 23.2 Å². The second kappa shape index (κ2) is 3.72. The van der Waals surface area contributed by atoms with Crippen molar-refractivity contribution in [3.63, 3.8) is 0 Å². The SMILES string of the molecule is O[C@]12CCC[C@H]1CN1CCNCc3cccc2c31. The quantitative estimate of drug-likeness (QED) is 0.727. The molecule has 4 rings (SSSR count). The molecule has 1 fully saturated rings. The molecule has 3 heteroatoms. The Bertz CT molecular complexity index is 487. The second-order valence-electron chi connectivity index (χ2n) is 5.95. The van der Waals surface area contributed by atoms with E-state index in [2.05, 4.69) is 28.4 Å². The minimum Gasteiger partial charge on any atom is -0.385 e. The molecule has 0 unspecified atom stereocenters. The van der Waals surface area contributed by atoms with Gasteiger partial charge in [0, 0.05) is 43.3 Å². The lowest BCUT2D eigenvalue weighted by Crippen LogP contribution is -2.46. The van der Waals surface area contributed by atoms with Gasteiger partial charge in [0.05, 0.1) is 5.60 Å². The zero-order valence-electron chi connectivity index (χ0n) is 10.7. The summed E-state index contributed by atoms with van der Waals surface area (Å²) >= 11 is 0. The van der Waals surface area contributed by atoms with Gasteiger partial charge in [0.25, 0.3) is 0 Å². The number of anilines is 1.